The molecule has 0 radical (unpaired) electrons. The molecular formula is C11H13N3O3. The van der Waals surface area contributed by atoms with Gasteiger partial charge >= 0.3 is 5.97 Å². The lowest BCUT2D eigenvalue weighted by Gasteiger charge is -2.09. The Bertz CT molecular complexity index is 550. The Morgan fingerprint density at radius 1 is 1.59 bits per heavy atom. The van der Waals surface area contributed by atoms with Gasteiger partial charge < -0.3 is 9.84 Å². The van der Waals surface area contributed by atoms with Crippen molar-refractivity contribution in [2.75, 3.05) is 6.61 Å². The lowest BCUT2D eigenvalue weighted by Crippen LogP contribution is -2.15. The van der Waals surface area contributed by atoms with Gasteiger partial charge in [0.05, 0.1) is 12.1 Å². The number of aliphatic hydroxyl groups excluding tert-OH is 1. The van der Waals surface area contributed by atoms with Crippen LogP contribution >= 0.6 is 0 Å². The molecule has 2 aromatic rings. The summed E-state index contributed by atoms with van der Waals surface area (Å²) < 4.78 is 6.33. The van der Waals surface area contributed by atoms with Crippen LogP contribution in [-0.4, -0.2) is 32.7 Å². The lowest BCUT2D eigenvalue weighted by molar-refractivity contribution is -0.153. The van der Waals surface area contributed by atoms with E-state index >= 15 is 0 Å². The van der Waals surface area contributed by atoms with E-state index in [4.69, 9.17) is 4.74 Å². The van der Waals surface area contributed by atoms with Gasteiger partial charge in [0.2, 0.25) is 0 Å². The van der Waals surface area contributed by atoms with Gasteiger partial charge in [-0.25, -0.2) is 9.48 Å². The van der Waals surface area contributed by atoms with Crippen molar-refractivity contribution in [3.63, 3.8) is 0 Å². The molecular weight excluding hydrogens is 222 g/mol. The number of aliphatic hydroxyl groups is 1. The number of rotatable bonds is 3. The van der Waals surface area contributed by atoms with E-state index in [0.29, 0.717) is 11.1 Å². The van der Waals surface area contributed by atoms with E-state index in [-0.39, 0.29) is 6.61 Å². The van der Waals surface area contributed by atoms with E-state index in [9.17, 15) is 9.90 Å². The van der Waals surface area contributed by atoms with E-state index in [2.05, 4.69) is 10.3 Å². The SMILES string of the molecule is CCOC(=O)C(O)c1ccc2nnn(C)c2c1. The van der Waals surface area contributed by atoms with E-state index in [1.165, 1.54) is 0 Å². The number of aromatic nitrogens is 3. The van der Waals surface area contributed by atoms with Gasteiger partial charge in [-0.15, -0.1) is 5.10 Å². The minimum absolute atomic E-state index is 0.241. The maximum atomic E-state index is 11.4. The molecule has 1 aromatic heterocycles. The van der Waals surface area contributed by atoms with Crippen LogP contribution in [0.1, 0.15) is 18.6 Å². The number of hydrogen-bond donors (Lipinski definition) is 1. The predicted octanol–water partition coefficient (Wildman–Crippen LogP) is 0.565. The van der Waals surface area contributed by atoms with Crippen molar-refractivity contribution in [2.24, 2.45) is 7.05 Å². The second-order valence-corrected chi connectivity index (χ2v) is 3.62. The first-order valence-corrected chi connectivity index (χ1v) is 5.27. The number of aryl methyl sites for hydroxylation is 1. The van der Waals surface area contributed by atoms with Gasteiger partial charge in [0.1, 0.15) is 5.52 Å². The molecule has 6 nitrogen and oxygen atoms in total. The van der Waals surface area contributed by atoms with Crippen LogP contribution in [0.5, 0.6) is 0 Å². The average Bonchev–Trinajstić information content (AvgIpc) is 2.70. The smallest absolute Gasteiger partial charge is 0.339 e. The third kappa shape index (κ3) is 2.12. The van der Waals surface area contributed by atoms with Crippen LogP contribution in [0.3, 0.4) is 0 Å². The van der Waals surface area contributed by atoms with Gasteiger partial charge in [0.25, 0.3) is 0 Å². The third-order valence-electron chi connectivity index (χ3n) is 2.46. The van der Waals surface area contributed by atoms with Crippen LogP contribution in [0.2, 0.25) is 0 Å². The zero-order valence-electron chi connectivity index (χ0n) is 9.62. The highest BCUT2D eigenvalue weighted by atomic mass is 16.5. The fourth-order valence-electron chi connectivity index (χ4n) is 1.58. The monoisotopic (exact) mass is 235 g/mol. The lowest BCUT2D eigenvalue weighted by atomic mass is 10.1. The Balaban J connectivity index is 2.35. The molecule has 6 heteroatoms. The van der Waals surface area contributed by atoms with Gasteiger partial charge in [0.15, 0.2) is 6.10 Å². The molecule has 1 aromatic carbocycles. The molecule has 0 aliphatic rings. The van der Waals surface area contributed by atoms with Gasteiger partial charge in [-0.05, 0) is 24.6 Å². The van der Waals surface area contributed by atoms with Crippen molar-refractivity contribution in [3.05, 3.63) is 23.8 Å². The largest absolute Gasteiger partial charge is 0.464 e. The molecule has 0 aliphatic carbocycles. The van der Waals surface area contributed by atoms with Crippen molar-refractivity contribution < 1.29 is 14.6 Å². The Labute approximate surface area is 97.8 Å². The van der Waals surface area contributed by atoms with Crippen molar-refractivity contribution in [2.45, 2.75) is 13.0 Å². The van der Waals surface area contributed by atoms with Gasteiger partial charge in [-0.2, -0.15) is 0 Å². The number of esters is 1. The zero-order valence-corrected chi connectivity index (χ0v) is 9.62. The van der Waals surface area contributed by atoms with E-state index < -0.39 is 12.1 Å². The number of fused-ring (bicyclic) bond motifs is 1. The first-order chi connectivity index (χ1) is 8.13. The van der Waals surface area contributed by atoms with E-state index in [1.807, 2.05) is 0 Å². The van der Waals surface area contributed by atoms with Crippen LogP contribution < -0.4 is 0 Å². The first-order valence-electron chi connectivity index (χ1n) is 5.27. The maximum Gasteiger partial charge on any atom is 0.339 e. The molecule has 0 spiro atoms. The van der Waals surface area contributed by atoms with Crippen LogP contribution in [0.15, 0.2) is 18.2 Å². The van der Waals surface area contributed by atoms with Gasteiger partial charge in [-0.3, -0.25) is 0 Å². The average molecular weight is 235 g/mol. The standard InChI is InChI=1S/C11H13N3O3/c1-3-17-11(16)10(15)7-4-5-8-9(6-7)14(2)13-12-8/h4-6,10,15H,3H2,1-2H3. The normalized spacial score (nSPS) is 12.6. The number of hydrogen-bond acceptors (Lipinski definition) is 5. The first kappa shape index (κ1) is 11.5. The quantitative estimate of drug-likeness (QED) is 0.787. The molecule has 17 heavy (non-hydrogen) atoms. The topological polar surface area (TPSA) is 77.2 Å². The number of carbonyl (C=O) groups excluding carboxylic acids is 1. The highest BCUT2D eigenvalue weighted by molar-refractivity contribution is 5.80. The summed E-state index contributed by atoms with van der Waals surface area (Å²) >= 11 is 0. The minimum Gasteiger partial charge on any atom is -0.464 e. The van der Waals surface area contributed by atoms with Crippen molar-refractivity contribution in [1.82, 2.24) is 15.0 Å². The molecule has 2 rings (SSSR count). The van der Waals surface area contributed by atoms with Crippen molar-refractivity contribution in [1.29, 1.82) is 0 Å². The van der Waals surface area contributed by atoms with Gasteiger partial charge in [0, 0.05) is 7.05 Å². The molecule has 1 unspecified atom stereocenters. The molecule has 1 heterocycles. The fraction of sp³-hybridized carbons (Fsp3) is 0.364. The summed E-state index contributed by atoms with van der Waals surface area (Å²) in [5, 5.41) is 17.5. The van der Waals surface area contributed by atoms with Crippen LogP contribution in [0, 0.1) is 0 Å². The molecule has 1 atom stereocenters. The second kappa shape index (κ2) is 4.50. The number of ether oxygens (including phenoxy) is 1. The summed E-state index contributed by atoms with van der Waals surface area (Å²) in [5.41, 5.74) is 1.94. The van der Waals surface area contributed by atoms with Crippen molar-refractivity contribution >= 4 is 17.0 Å². The van der Waals surface area contributed by atoms with E-state index in [1.54, 1.807) is 36.9 Å². The summed E-state index contributed by atoms with van der Waals surface area (Å²) in [6.45, 7) is 1.93. The summed E-state index contributed by atoms with van der Waals surface area (Å²) in [6.07, 6.45) is -1.27. The fourth-order valence-corrected chi connectivity index (χ4v) is 1.58. The minimum atomic E-state index is -1.27. The summed E-state index contributed by atoms with van der Waals surface area (Å²) in [6, 6.07) is 5.02. The van der Waals surface area contributed by atoms with Crippen LogP contribution in [-0.2, 0) is 16.6 Å². The number of benzene rings is 1. The van der Waals surface area contributed by atoms with E-state index in [0.717, 1.165) is 5.52 Å². The Morgan fingerprint density at radius 2 is 2.35 bits per heavy atom. The highest BCUT2D eigenvalue weighted by Gasteiger charge is 2.19. The molecule has 0 saturated carbocycles. The number of carbonyl (C=O) groups is 1. The molecule has 90 valence electrons. The Kier molecular flexibility index (Phi) is 3.06. The van der Waals surface area contributed by atoms with Gasteiger partial charge in [-0.1, -0.05) is 11.3 Å². The Hall–Kier alpha value is -1.95. The molecule has 0 saturated heterocycles. The van der Waals surface area contributed by atoms with Crippen LogP contribution in [0.25, 0.3) is 11.0 Å². The summed E-state index contributed by atoms with van der Waals surface area (Å²) in [4.78, 5) is 11.4. The molecule has 0 fully saturated rings. The third-order valence-corrected chi connectivity index (χ3v) is 2.46. The maximum absolute atomic E-state index is 11.4. The zero-order chi connectivity index (χ0) is 12.4. The van der Waals surface area contributed by atoms with Crippen LogP contribution in [0.4, 0.5) is 0 Å². The summed E-state index contributed by atoms with van der Waals surface area (Å²) in [7, 11) is 1.75. The predicted molar refractivity (Wildman–Crippen MR) is 60.1 cm³/mol. The molecule has 1 N–H and O–H groups in total. The Morgan fingerprint density at radius 3 is 3.06 bits per heavy atom. The molecule has 0 bridgehead atoms. The summed E-state index contributed by atoms with van der Waals surface area (Å²) in [5.74, 6) is -0.651. The number of nitrogens with zero attached hydrogens (tertiary/aromatic N) is 3. The highest BCUT2D eigenvalue weighted by Crippen LogP contribution is 2.19. The second-order valence-electron chi connectivity index (χ2n) is 3.62. The van der Waals surface area contributed by atoms with Crippen molar-refractivity contribution in [3.8, 4) is 0 Å². The molecule has 0 aliphatic heterocycles. The molecule has 0 amide bonds.